The van der Waals surface area contributed by atoms with Crippen LogP contribution in [0.2, 0.25) is 0 Å². The van der Waals surface area contributed by atoms with Gasteiger partial charge in [0, 0.05) is 6.08 Å². The van der Waals surface area contributed by atoms with Crippen LogP contribution >= 0.6 is 0 Å². The summed E-state index contributed by atoms with van der Waals surface area (Å²) in [6.07, 6.45) is 2.48. The highest BCUT2D eigenvalue weighted by Crippen LogP contribution is 2.30. The molecule has 0 atom stereocenters. The number of nitrogens with one attached hydrogen (secondary N) is 1. The van der Waals surface area contributed by atoms with Gasteiger partial charge < -0.3 is 9.47 Å². The summed E-state index contributed by atoms with van der Waals surface area (Å²) in [6, 6.07) is 15.0. The van der Waals surface area contributed by atoms with E-state index in [-0.39, 0.29) is 5.90 Å². The van der Waals surface area contributed by atoms with Gasteiger partial charge in [0.15, 0.2) is 0 Å². The van der Waals surface area contributed by atoms with E-state index in [2.05, 4.69) is 13.2 Å². The normalized spacial score (nSPS) is 10.3. The molecule has 0 unspecified atom stereocenters. The third kappa shape index (κ3) is 3.03. The van der Waals surface area contributed by atoms with Crippen molar-refractivity contribution in [2.75, 3.05) is 0 Å². The third-order valence-electron chi connectivity index (χ3n) is 3.58. The summed E-state index contributed by atoms with van der Waals surface area (Å²) in [5.74, 6) is 0.583. The van der Waals surface area contributed by atoms with Crippen molar-refractivity contribution in [3.8, 4) is 11.5 Å². The molecule has 118 valence electrons. The molecule has 0 radical (unpaired) electrons. The molecule has 3 aromatic carbocycles. The number of hydrogen-bond donors (Lipinski definition) is 1. The van der Waals surface area contributed by atoms with Crippen LogP contribution < -0.4 is 9.47 Å². The monoisotopic (exact) mass is 317 g/mol. The van der Waals surface area contributed by atoms with Gasteiger partial charge in [0.25, 0.3) is 0 Å². The molecule has 0 aliphatic rings. The summed E-state index contributed by atoms with van der Waals surface area (Å²) in [5, 5.41) is 11.6. The van der Waals surface area contributed by atoms with E-state index in [1.807, 2.05) is 42.5 Å². The number of rotatable bonds is 4. The molecule has 0 spiro atoms. The molecule has 0 bridgehead atoms. The van der Waals surface area contributed by atoms with Crippen LogP contribution in [0.4, 0.5) is 0 Å². The van der Waals surface area contributed by atoms with Gasteiger partial charge in [-0.1, -0.05) is 37.4 Å². The number of carbonyl (C=O) groups excluding carboxylic acids is 1. The van der Waals surface area contributed by atoms with E-state index < -0.39 is 5.97 Å². The van der Waals surface area contributed by atoms with Crippen LogP contribution in [0.3, 0.4) is 0 Å². The molecule has 3 rings (SSSR count). The highest BCUT2D eigenvalue weighted by atomic mass is 16.5. The number of ether oxygens (including phenoxy) is 2. The Balaban J connectivity index is 2.03. The summed E-state index contributed by atoms with van der Waals surface area (Å²) in [4.78, 5) is 11.3. The number of hydrogen-bond acceptors (Lipinski definition) is 4. The van der Waals surface area contributed by atoms with E-state index in [0.717, 1.165) is 27.6 Å². The van der Waals surface area contributed by atoms with Gasteiger partial charge in [0.05, 0.1) is 0 Å². The zero-order valence-electron chi connectivity index (χ0n) is 12.9. The third-order valence-corrected chi connectivity index (χ3v) is 3.58. The molecular weight excluding hydrogens is 302 g/mol. The molecule has 3 aromatic rings. The molecule has 0 aliphatic heterocycles. The van der Waals surface area contributed by atoms with Crippen molar-refractivity contribution in [2.24, 2.45) is 0 Å². The number of carbonyl (C=O) groups is 1. The van der Waals surface area contributed by atoms with Gasteiger partial charge in [-0.2, -0.15) is 0 Å². The quantitative estimate of drug-likeness (QED) is 0.191. The zero-order chi connectivity index (χ0) is 17.1. The fraction of sp³-hybridized carbons (Fsp3) is 0. The van der Waals surface area contributed by atoms with Crippen LogP contribution in [0.15, 0.2) is 73.8 Å². The molecule has 0 aliphatic carbocycles. The van der Waals surface area contributed by atoms with Crippen molar-refractivity contribution in [3.05, 3.63) is 73.8 Å². The molecule has 0 aromatic heterocycles. The molecule has 24 heavy (non-hydrogen) atoms. The van der Waals surface area contributed by atoms with Gasteiger partial charge >= 0.3 is 5.97 Å². The second-order valence-electron chi connectivity index (χ2n) is 5.13. The second kappa shape index (κ2) is 6.38. The maximum absolute atomic E-state index is 11.3. The van der Waals surface area contributed by atoms with Crippen LogP contribution in [0.5, 0.6) is 11.5 Å². The lowest BCUT2D eigenvalue weighted by molar-refractivity contribution is -0.128. The Hall–Kier alpha value is -3.40. The van der Waals surface area contributed by atoms with Gasteiger partial charge in [-0.15, -0.1) is 0 Å². The van der Waals surface area contributed by atoms with Crippen LogP contribution in [-0.4, -0.2) is 11.9 Å². The summed E-state index contributed by atoms with van der Waals surface area (Å²) >= 11 is 0. The Morgan fingerprint density at radius 1 is 0.833 bits per heavy atom. The van der Waals surface area contributed by atoms with Crippen LogP contribution in [0.25, 0.3) is 21.5 Å². The first-order valence-electron chi connectivity index (χ1n) is 7.30. The number of benzene rings is 3. The summed E-state index contributed by atoms with van der Waals surface area (Å²) < 4.78 is 10.5. The second-order valence-corrected chi connectivity index (χ2v) is 5.13. The minimum Gasteiger partial charge on any atom is -0.440 e. The largest absolute Gasteiger partial charge is 0.440 e. The molecule has 1 N–H and O–H groups in total. The van der Waals surface area contributed by atoms with Gasteiger partial charge in [-0.3, -0.25) is 5.41 Å². The van der Waals surface area contributed by atoms with E-state index >= 15 is 0 Å². The van der Waals surface area contributed by atoms with Gasteiger partial charge in [0.2, 0.25) is 5.90 Å². The molecule has 4 heteroatoms. The van der Waals surface area contributed by atoms with Crippen LogP contribution in [-0.2, 0) is 4.79 Å². The van der Waals surface area contributed by atoms with E-state index in [1.54, 1.807) is 6.07 Å². The van der Waals surface area contributed by atoms with Crippen molar-refractivity contribution in [2.45, 2.75) is 0 Å². The molecule has 0 saturated heterocycles. The van der Waals surface area contributed by atoms with Crippen molar-refractivity contribution in [1.29, 1.82) is 5.41 Å². The Kier molecular flexibility index (Phi) is 4.12. The van der Waals surface area contributed by atoms with E-state index in [1.165, 1.54) is 6.08 Å². The minimum absolute atomic E-state index is 0.00353. The van der Waals surface area contributed by atoms with Gasteiger partial charge in [-0.05, 0) is 51.9 Å². The Bertz CT molecular complexity index is 908. The van der Waals surface area contributed by atoms with Crippen LogP contribution in [0.1, 0.15) is 0 Å². The number of fused-ring (bicyclic) bond motifs is 3. The van der Waals surface area contributed by atoms with Crippen molar-refractivity contribution >= 4 is 33.4 Å². The van der Waals surface area contributed by atoms with Crippen molar-refractivity contribution in [3.63, 3.8) is 0 Å². The topological polar surface area (TPSA) is 59.4 Å². The van der Waals surface area contributed by atoms with Crippen molar-refractivity contribution < 1.29 is 14.3 Å². The maximum atomic E-state index is 11.3. The number of esters is 1. The molecule has 0 saturated carbocycles. The predicted molar refractivity (Wildman–Crippen MR) is 95.8 cm³/mol. The summed E-state index contributed by atoms with van der Waals surface area (Å²) in [5.41, 5.74) is 0. The molecular formula is C20H15NO3. The standard InChI is InChI=1S/C20H15NO3/c1-3-19(21)23-15-7-9-17-13(11-15)5-6-14-12-16(8-10-18(14)17)24-20(22)4-2/h3-12,21H,1-2H2. The van der Waals surface area contributed by atoms with Gasteiger partial charge in [-0.25, -0.2) is 4.79 Å². The van der Waals surface area contributed by atoms with Gasteiger partial charge in [0.1, 0.15) is 11.5 Å². The lowest BCUT2D eigenvalue weighted by atomic mass is 10.0. The lowest BCUT2D eigenvalue weighted by Gasteiger charge is -2.09. The van der Waals surface area contributed by atoms with Crippen molar-refractivity contribution in [1.82, 2.24) is 0 Å². The summed E-state index contributed by atoms with van der Waals surface area (Å²) in [6.45, 7) is 6.89. The fourth-order valence-electron chi connectivity index (χ4n) is 2.48. The summed E-state index contributed by atoms with van der Waals surface area (Å²) in [7, 11) is 0. The average Bonchev–Trinajstić information content (AvgIpc) is 2.60. The van der Waals surface area contributed by atoms with E-state index in [0.29, 0.717) is 11.5 Å². The fourth-order valence-corrected chi connectivity index (χ4v) is 2.48. The minimum atomic E-state index is -0.485. The van der Waals surface area contributed by atoms with E-state index in [9.17, 15) is 4.79 Å². The zero-order valence-corrected chi connectivity index (χ0v) is 12.9. The molecule has 0 heterocycles. The van der Waals surface area contributed by atoms with Crippen LogP contribution in [0, 0.1) is 5.41 Å². The average molecular weight is 317 g/mol. The Labute approximate surface area is 139 Å². The molecule has 0 amide bonds. The maximum Gasteiger partial charge on any atom is 0.335 e. The first-order chi connectivity index (χ1) is 11.6. The molecule has 4 nitrogen and oxygen atoms in total. The SMILES string of the molecule is C=CC(=N)Oc1ccc2c(ccc3cc(OC(=O)C=C)ccc32)c1. The molecule has 0 fully saturated rings. The first-order valence-corrected chi connectivity index (χ1v) is 7.30. The Morgan fingerprint density at radius 3 is 1.88 bits per heavy atom. The highest BCUT2D eigenvalue weighted by Gasteiger charge is 2.06. The smallest absolute Gasteiger partial charge is 0.335 e. The predicted octanol–water partition coefficient (Wildman–Crippen LogP) is 4.63. The highest BCUT2D eigenvalue weighted by molar-refractivity contribution is 6.08. The lowest BCUT2D eigenvalue weighted by Crippen LogP contribution is -2.02. The first kappa shape index (κ1) is 15.5. The Morgan fingerprint density at radius 2 is 1.38 bits per heavy atom. The van der Waals surface area contributed by atoms with E-state index in [4.69, 9.17) is 14.9 Å².